The molecular weight excluding hydrogens is 452 g/mol. The summed E-state index contributed by atoms with van der Waals surface area (Å²) < 4.78 is 5.55. The Morgan fingerprint density at radius 3 is 2.11 bits per heavy atom. The number of nitrogens with zero attached hydrogens (tertiary/aromatic N) is 2. The third-order valence-corrected chi connectivity index (χ3v) is 7.06. The second-order valence-electron chi connectivity index (χ2n) is 9.81. The van der Waals surface area contributed by atoms with Crippen molar-refractivity contribution < 1.29 is 19.4 Å². The molecule has 194 valence electrons. The fraction of sp³-hybridized carbons (Fsp3) is 0.467. The highest BCUT2D eigenvalue weighted by molar-refractivity contribution is 5.68. The average molecular weight is 493 g/mol. The van der Waals surface area contributed by atoms with Crippen molar-refractivity contribution in [2.45, 2.75) is 51.2 Å². The topological polar surface area (TPSA) is 70.1 Å². The molecule has 2 atom stereocenters. The van der Waals surface area contributed by atoms with Crippen LogP contribution in [0.1, 0.15) is 44.1 Å². The number of likely N-dealkylation sites (tertiary alicyclic amines) is 1. The summed E-state index contributed by atoms with van der Waals surface area (Å²) in [5.74, 6) is 0.265. The average Bonchev–Trinajstić information content (AvgIpc) is 3.34. The van der Waals surface area contributed by atoms with E-state index in [0.29, 0.717) is 24.8 Å². The Labute approximate surface area is 215 Å². The normalized spacial score (nSPS) is 20.1. The molecule has 2 aromatic carbocycles. The Morgan fingerprint density at radius 1 is 0.944 bits per heavy atom. The zero-order chi connectivity index (χ0) is 25.6. The van der Waals surface area contributed by atoms with E-state index >= 15 is 0 Å². The van der Waals surface area contributed by atoms with Crippen molar-refractivity contribution in [1.82, 2.24) is 9.80 Å². The number of carbonyl (C=O) groups is 2. The van der Waals surface area contributed by atoms with Crippen LogP contribution < -0.4 is 0 Å². The monoisotopic (exact) mass is 492 g/mol. The standard InChI is InChI=1S/C24H34N2O4.C6H6/c1-2-12-26(24(29)30-18-19-6-4-3-5-7-19)22-10-13-25(14-11-22)17-21-9-8-20(15-21)16-23(27)28;1-2-4-6-5-3-1/h2-7,20-22H,1,8-18H2,(H,27,28);1-6H. The molecule has 4 rings (SSSR count). The van der Waals surface area contributed by atoms with Crippen LogP contribution in [-0.2, 0) is 16.1 Å². The molecule has 2 aliphatic rings. The van der Waals surface area contributed by atoms with E-state index in [1.807, 2.05) is 71.6 Å². The van der Waals surface area contributed by atoms with Gasteiger partial charge in [0.15, 0.2) is 0 Å². The highest BCUT2D eigenvalue weighted by Crippen LogP contribution is 2.34. The zero-order valence-corrected chi connectivity index (χ0v) is 21.2. The first-order valence-corrected chi connectivity index (χ1v) is 13.1. The van der Waals surface area contributed by atoms with E-state index in [1.54, 1.807) is 6.08 Å². The highest BCUT2D eigenvalue weighted by Gasteiger charge is 2.31. The molecular formula is C30H40N2O4. The van der Waals surface area contributed by atoms with Crippen LogP contribution in [0.4, 0.5) is 4.79 Å². The molecule has 1 saturated carbocycles. The predicted molar refractivity (Wildman–Crippen MR) is 143 cm³/mol. The Balaban J connectivity index is 0.000000526. The lowest BCUT2D eigenvalue weighted by atomic mass is 9.99. The highest BCUT2D eigenvalue weighted by atomic mass is 16.6. The Kier molecular flexibility index (Phi) is 11.5. The number of rotatable bonds is 9. The lowest BCUT2D eigenvalue weighted by molar-refractivity contribution is -0.138. The minimum absolute atomic E-state index is 0.172. The molecule has 1 aliphatic heterocycles. The number of amides is 1. The molecule has 6 heteroatoms. The van der Waals surface area contributed by atoms with E-state index < -0.39 is 5.97 Å². The number of benzene rings is 2. The van der Waals surface area contributed by atoms with E-state index in [-0.39, 0.29) is 18.7 Å². The number of hydrogen-bond donors (Lipinski definition) is 1. The maximum Gasteiger partial charge on any atom is 0.410 e. The van der Waals surface area contributed by atoms with Gasteiger partial charge in [-0.15, -0.1) is 6.58 Å². The van der Waals surface area contributed by atoms with Crippen LogP contribution in [0.25, 0.3) is 0 Å². The maximum absolute atomic E-state index is 12.7. The van der Waals surface area contributed by atoms with Crippen molar-refractivity contribution in [2.75, 3.05) is 26.2 Å². The van der Waals surface area contributed by atoms with Crippen molar-refractivity contribution in [3.8, 4) is 0 Å². The quantitative estimate of drug-likeness (QED) is 0.445. The largest absolute Gasteiger partial charge is 0.481 e. The van der Waals surface area contributed by atoms with Crippen molar-refractivity contribution in [3.05, 3.63) is 84.9 Å². The third-order valence-electron chi connectivity index (χ3n) is 7.06. The van der Waals surface area contributed by atoms with Gasteiger partial charge in [-0.1, -0.05) is 72.8 Å². The molecule has 2 unspecified atom stereocenters. The maximum atomic E-state index is 12.7. The van der Waals surface area contributed by atoms with Gasteiger partial charge in [0.1, 0.15) is 6.61 Å². The number of ether oxygens (including phenoxy) is 1. The van der Waals surface area contributed by atoms with Gasteiger partial charge in [0, 0.05) is 38.6 Å². The van der Waals surface area contributed by atoms with Gasteiger partial charge in [-0.3, -0.25) is 4.79 Å². The molecule has 0 radical (unpaired) electrons. The summed E-state index contributed by atoms with van der Waals surface area (Å²) in [4.78, 5) is 27.9. The summed E-state index contributed by atoms with van der Waals surface area (Å²) in [5, 5.41) is 8.99. The number of hydrogen-bond acceptors (Lipinski definition) is 4. The van der Waals surface area contributed by atoms with Crippen molar-refractivity contribution in [3.63, 3.8) is 0 Å². The van der Waals surface area contributed by atoms with E-state index in [0.717, 1.165) is 57.3 Å². The van der Waals surface area contributed by atoms with E-state index in [1.165, 1.54) is 0 Å². The molecule has 0 spiro atoms. The van der Waals surface area contributed by atoms with Gasteiger partial charge in [-0.2, -0.15) is 0 Å². The van der Waals surface area contributed by atoms with Crippen LogP contribution in [0.15, 0.2) is 79.4 Å². The summed E-state index contributed by atoms with van der Waals surface area (Å²) in [6.07, 6.45) is 6.85. The predicted octanol–water partition coefficient (Wildman–Crippen LogP) is 5.85. The first kappa shape index (κ1) is 27.5. The summed E-state index contributed by atoms with van der Waals surface area (Å²) in [6, 6.07) is 21.9. The van der Waals surface area contributed by atoms with Crippen LogP contribution in [-0.4, -0.2) is 59.2 Å². The van der Waals surface area contributed by atoms with Gasteiger partial charge in [-0.25, -0.2) is 4.79 Å². The molecule has 1 saturated heterocycles. The second kappa shape index (κ2) is 15.1. The zero-order valence-electron chi connectivity index (χ0n) is 21.2. The number of carboxylic acid groups (broad SMARTS) is 1. The molecule has 2 aromatic rings. The van der Waals surface area contributed by atoms with Gasteiger partial charge in [0.05, 0.1) is 0 Å². The number of piperidine rings is 1. The summed E-state index contributed by atoms with van der Waals surface area (Å²) >= 11 is 0. The molecule has 0 bridgehead atoms. The molecule has 6 nitrogen and oxygen atoms in total. The molecule has 0 aromatic heterocycles. The first-order valence-electron chi connectivity index (χ1n) is 13.1. The molecule has 1 aliphatic carbocycles. The molecule has 1 heterocycles. The van der Waals surface area contributed by atoms with Crippen molar-refractivity contribution in [2.24, 2.45) is 11.8 Å². The van der Waals surface area contributed by atoms with Crippen LogP contribution in [0.5, 0.6) is 0 Å². The van der Waals surface area contributed by atoms with E-state index in [2.05, 4.69) is 11.5 Å². The van der Waals surface area contributed by atoms with Crippen LogP contribution in [0.3, 0.4) is 0 Å². The lowest BCUT2D eigenvalue weighted by Crippen LogP contribution is -2.48. The number of carbonyl (C=O) groups excluding carboxylic acids is 1. The summed E-state index contributed by atoms with van der Waals surface area (Å²) in [6.45, 7) is 7.56. The minimum Gasteiger partial charge on any atom is -0.481 e. The molecule has 36 heavy (non-hydrogen) atoms. The summed E-state index contributed by atoms with van der Waals surface area (Å²) in [5.41, 5.74) is 0.983. The molecule has 1 amide bonds. The van der Waals surface area contributed by atoms with E-state index in [4.69, 9.17) is 9.84 Å². The van der Waals surface area contributed by atoms with Crippen molar-refractivity contribution >= 4 is 12.1 Å². The van der Waals surface area contributed by atoms with Crippen molar-refractivity contribution in [1.29, 1.82) is 0 Å². The smallest absolute Gasteiger partial charge is 0.410 e. The lowest BCUT2D eigenvalue weighted by Gasteiger charge is -2.38. The molecule has 2 fully saturated rings. The van der Waals surface area contributed by atoms with Crippen LogP contribution in [0, 0.1) is 11.8 Å². The van der Waals surface area contributed by atoms with E-state index in [9.17, 15) is 9.59 Å². The SMILES string of the molecule is C=CCN(C(=O)OCc1ccccc1)C1CCN(CC2CCC(CC(=O)O)C2)CC1.c1ccccc1. The Bertz CT molecular complexity index is 886. The third kappa shape index (κ3) is 9.50. The molecule has 1 N–H and O–H groups in total. The van der Waals surface area contributed by atoms with Gasteiger partial charge < -0.3 is 19.6 Å². The van der Waals surface area contributed by atoms with Gasteiger partial charge in [0.25, 0.3) is 0 Å². The van der Waals surface area contributed by atoms with Crippen LogP contribution in [0.2, 0.25) is 0 Å². The van der Waals surface area contributed by atoms with Gasteiger partial charge in [-0.05, 0) is 49.5 Å². The van der Waals surface area contributed by atoms with Gasteiger partial charge in [0.2, 0.25) is 0 Å². The first-order chi connectivity index (χ1) is 17.5. The number of carboxylic acids is 1. The fourth-order valence-electron chi connectivity index (χ4n) is 5.25. The fourth-order valence-corrected chi connectivity index (χ4v) is 5.25. The van der Waals surface area contributed by atoms with Crippen LogP contribution >= 0.6 is 0 Å². The summed E-state index contributed by atoms with van der Waals surface area (Å²) in [7, 11) is 0. The second-order valence-corrected chi connectivity index (χ2v) is 9.81. The Hall–Kier alpha value is -3.12. The minimum atomic E-state index is -0.678. The number of aliphatic carboxylic acids is 1. The van der Waals surface area contributed by atoms with Gasteiger partial charge >= 0.3 is 12.1 Å². The Morgan fingerprint density at radius 2 is 1.53 bits per heavy atom.